The van der Waals surface area contributed by atoms with Crippen LogP contribution in [-0.4, -0.2) is 33.3 Å². The number of rotatable bonds is 4. The van der Waals surface area contributed by atoms with Crippen LogP contribution in [0.1, 0.15) is 17.0 Å². The number of nitrogens with one attached hydrogen (secondary N) is 1. The zero-order chi connectivity index (χ0) is 17.3. The average molecular weight is 343 g/mol. The molecule has 124 valence electrons. The summed E-state index contributed by atoms with van der Waals surface area (Å²) in [6.07, 6.45) is 0. The Labute approximate surface area is 142 Å². The molecule has 0 aliphatic rings. The van der Waals surface area contributed by atoms with Crippen molar-refractivity contribution >= 4 is 32.8 Å². The molecule has 24 heavy (non-hydrogen) atoms. The Kier molecular flexibility index (Phi) is 4.26. The number of aromatic amines is 1. The van der Waals surface area contributed by atoms with Crippen LogP contribution >= 0.6 is 0 Å². The summed E-state index contributed by atoms with van der Waals surface area (Å²) in [5, 5.41) is 0. The van der Waals surface area contributed by atoms with Crippen molar-refractivity contribution < 1.29 is 13.7 Å². The first-order chi connectivity index (χ1) is 11.6. The van der Waals surface area contributed by atoms with E-state index < -0.39 is 0 Å². The van der Waals surface area contributed by atoms with Crippen LogP contribution in [0, 0.1) is 6.92 Å². The standard InChI is InChI=1S/C17H17N3O3S/c1-9-4-5-11(18)10(6-9)16(24-21)17-19-12-7-14(22-2)15(23-3)8-13(12)20-17/h4-8H,18H2,1-3H3,(H,19,20). The van der Waals surface area contributed by atoms with Crippen molar-refractivity contribution in [1.82, 2.24) is 9.97 Å². The molecule has 3 rings (SSSR count). The van der Waals surface area contributed by atoms with Crippen LogP contribution in [0.4, 0.5) is 5.69 Å². The third kappa shape index (κ3) is 2.74. The average Bonchev–Trinajstić information content (AvgIpc) is 2.99. The molecular formula is C17H17N3O3S. The molecule has 1 aromatic heterocycles. The van der Waals surface area contributed by atoms with Gasteiger partial charge in [0.15, 0.2) is 17.3 Å². The Morgan fingerprint density at radius 2 is 1.88 bits per heavy atom. The van der Waals surface area contributed by atoms with Gasteiger partial charge in [-0.2, -0.15) is 0 Å². The number of aryl methyl sites for hydroxylation is 1. The van der Waals surface area contributed by atoms with E-state index >= 15 is 0 Å². The minimum Gasteiger partial charge on any atom is -0.493 e. The van der Waals surface area contributed by atoms with Crippen molar-refractivity contribution in [3.8, 4) is 11.5 Å². The molecule has 2 aromatic carbocycles. The second-order valence-electron chi connectivity index (χ2n) is 5.31. The van der Waals surface area contributed by atoms with E-state index in [1.165, 1.54) is 0 Å². The van der Waals surface area contributed by atoms with Gasteiger partial charge in [0, 0.05) is 23.4 Å². The summed E-state index contributed by atoms with van der Waals surface area (Å²) in [6, 6.07) is 9.12. The summed E-state index contributed by atoms with van der Waals surface area (Å²) in [5.74, 6) is 1.64. The monoisotopic (exact) mass is 343 g/mol. The number of ether oxygens (including phenoxy) is 2. The maximum absolute atomic E-state index is 11.7. The Hall–Kier alpha value is -2.80. The number of benzene rings is 2. The number of imidazole rings is 1. The fourth-order valence-electron chi connectivity index (χ4n) is 2.52. The second kappa shape index (κ2) is 6.37. The van der Waals surface area contributed by atoms with Crippen molar-refractivity contribution in [1.29, 1.82) is 0 Å². The fraction of sp³-hybridized carbons (Fsp3) is 0.176. The van der Waals surface area contributed by atoms with Crippen LogP contribution in [0.25, 0.3) is 11.0 Å². The molecule has 0 amide bonds. The minimum absolute atomic E-state index is 0.365. The Bertz CT molecular complexity index is 934. The molecule has 0 radical (unpaired) electrons. The van der Waals surface area contributed by atoms with E-state index in [1.54, 1.807) is 32.4 Å². The van der Waals surface area contributed by atoms with E-state index in [4.69, 9.17) is 15.2 Å². The largest absolute Gasteiger partial charge is 0.493 e. The summed E-state index contributed by atoms with van der Waals surface area (Å²) in [4.78, 5) is 8.12. The molecule has 7 heteroatoms. The van der Waals surface area contributed by atoms with Gasteiger partial charge in [0.2, 0.25) is 0 Å². The van der Waals surface area contributed by atoms with Crippen molar-refractivity contribution in [3.05, 3.63) is 47.3 Å². The zero-order valence-electron chi connectivity index (χ0n) is 13.5. The number of aromatic nitrogens is 2. The topological polar surface area (TPSA) is 90.2 Å². The number of hydrogen-bond acceptors (Lipinski definition) is 5. The van der Waals surface area contributed by atoms with Gasteiger partial charge in [-0.1, -0.05) is 11.6 Å². The number of nitrogen functional groups attached to an aromatic ring is 1. The SMILES string of the molecule is COc1cc2nc(C(=S=O)c3cc(C)ccc3N)[nH]c2cc1OC. The normalized spacial score (nSPS) is 10.6. The molecule has 3 aromatic rings. The van der Waals surface area contributed by atoms with E-state index in [0.29, 0.717) is 50.2 Å². The van der Waals surface area contributed by atoms with Crippen molar-refractivity contribution in [3.63, 3.8) is 0 Å². The van der Waals surface area contributed by atoms with Crippen molar-refractivity contribution in [2.75, 3.05) is 20.0 Å². The summed E-state index contributed by atoms with van der Waals surface area (Å²) >= 11 is 0.365. The lowest BCUT2D eigenvalue weighted by molar-refractivity contribution is 0.356. The number of fused-ring (bicyclic) bond motifs is 1. The van der Waals surface area contributed by atoms with E-state index in [-0.39, 0.29) is 0 Å². The van der Waals surface area contributed by atoms with Gasteiger partial charge in [0.1, 0.15) is 16.1 Å². The van der Waals surface area contributed by atoms with E-state index in [9.17, 15) is 4.21 Å². The van der Waals surface area contributed by atoms with Gasteiger partial charge in [-0.3, -0.25) is 0 Å². The lowest BCUT2D eigenvalue weighted by atomic mass is 10.1. The number of methoxy groups -OCH3 is 2. The third-order valence-corrected chi connectivity index (χ3v) is 4.32. The van der Waals surface area contributed by atoms with Gasteiger partial charge in [0.05, 0.1) is 25.3 Å². The Morgan fingerprint density at radius 3 is 2.54 bits per heavy atom. The maximum atomic E-state index is 11.7. The highest BCUT2D eigenvalue weighted by Gasteiger charge is 2.16. The molecule has 0 saturated heterocycles. The zero-order valence-corrected chi connectivity index (χ0v) is 14.4. The highest BCUT2D eigenvalue weighted by atomic mass is 32.1. The van der Waals surface area contributed by atoms with Crippen LogP contribution < -0.4 is 15.2 Å². The summed E-state index contributed by atoms with van der Waals surface area (Å²) < 4.78 is 22.3. The highest BCUT2D eigenvalue weighted by molar-refractivity contribution is 7.67. The Morgan fingerprint density at radius 1 is 1.17 bits per heavy atom. The number of nitrogens with two attached hydrogens (primary N) is 1. The lowest BCUT2D eigenvalue weighted by Crippen LogP contribution is -2.08. The van der Waals surface area contributed by atoms with Crippen molar-refractivity contribution in [2.45, 2.75) is 6.92 Å². The van der Waals surface area contributed by atoms with Crippen LogP contribution in [0.5, 0.6) is 11.5 Å². The molecule has 0 spiro atoms. The quantitative estimate of drug-likeness (QED) is 0.431. The molecule has 0 fully saturated rings. The van der Waals surface area contributed by atoms with E-state index in [1.807, 2.05) is 19.1 Å². The highest BCUT2D eigenvalue weighted by Crippen LogP contribution is 2.31. The molecule has 0 atom stereocenters. The first-order valence-corrected chi connectivity index (χ1v) is 7.97. The fourth-order valence-corrected chi connectivity index (χ4v) is 2.97. The predicted octanol–water partition coefficient (Wildman–Crippen LogP) is 2.25. The smallest absolute Gasteiger partial charge is 0.163 e. The predicted molar refractivity (Wildman–Crippen MR) is 96.1 cm³/mol. The molecule has 0 unspecified atom stereocenters. The minimum atomic E-state index is 0.365. The molecule has 0 bridgehead atoms. The first kappa shape index (κ1) is 16.1. The molecule has 0 aliphatic heterocycles. The number of nitrogens with zero attached hydrogens (tertiary/aromatic N) is 1. The molecular weight excluding hydrogens is 326 g/mol. The molecule has 3 N–H and O–H groups in total. The van der Waals surface area contributed by atoms with Gasteiger partial charge < -0.3 is 20.2 Å². The number of anilines is 1. The van der Waals surface area contributed by atoms with Crippen LogP contribution in [0.15, 0.2) is 30.3 Å². The second-order valence-corrected chi connectivity index (χ2v) is 5.89. The van der Waals surface area contributed by atoms with E-state index in [2.05, 4.69) is 9.97 Å². The van der Waals surface area contributed by atoms with Gasteiger partial charge in [0.25, 0.3) is 0 Å². The molecule has 0 saturated carbocycles. The summed E-state index contributed by atoms with van der Waals surface area (Å²) in [5.41, 5.74) is 9.69. The third-order valence-electron chi connectivity index (χ3n) is 3.74. The summed E-state index contributed by atoms with van der Waals surface area (Å²) in [7, 11) is 3.13. The molecule has 1 heterocycles. The van der Waals surface area contributed by atoms with Crippen LogP contribution in [-0.2, 0) is 11.3 Å². The van der Waals surface area contributed by atoms with Gasteiger partial charge in [-0.25, -0.2) is 9.19 Å². The molecule has 6 nitrogen and oxygen atoms in total. The maximum Gasteiger partial charge on any atom is 0.163 e. The summed E-state index contributed by atoms with van der Waals surface area (Å²) in [6.45, 7) is 1.95. The lowest BCUT2D eigenvalue weighted by Gasteiger charge is -2.06. The van der Waals surface area contributed by atoms with Crippen LogP contribution in [0.3, 0.4) is 0 Å². The van der Waals surface area contributed by atoms with Gasteiger partial charge >= 0.3 is 0 Å². The van der Waals surface area contributed by atoms with Gasteiger partial charge in [-0.15, -0.1) is 0 Å². The first-order valence-electron chi connectivity index (χ1n) is 7.22. The van der Waals surface area contributed by atoms with Crippen molar-refractivity contribution in [2.24, 2.45) is 0 Å². The Balaban J connectivity index is 2.17. The molecule has 0 aliphatic carbocycles. The number of H-pyrrole nitrogens is 1. The van der Waals surface area contributed by atoms with Crippen LogP contribution in [0.2, 0.25) is 0 Å². The van der Waals surface area contributed by atoms with Gasteiger partial charge in [-0.05, 0) is 19.1 Å². The number of hydrogen-bond donors (Lipinski definition) is 2. The van der Waals surface area contributed by atoms with E-state index in [0.717, 1.165) is 11.1 Å².